The van der Waals surface area contributed by atoms with E-state index in [4.69, 9.17) is 0 Å². The number of allylic oxidation sites excluding steroid dienone is 2. The Morgan fingerprint density at radius 2 is 2.08 bits per heavy atom. The van der Waals surface area contributed by atoms with Crippen molar-refractivity contribution in [3.8, 4) is 0 Å². The molecule has 0 fully saturated rings. The summed E-state index contributed by atoms with van der Waals surface area (Å²) in [6.45, 7) is 2.25. The first-order valence-corrected chi connectivity index (χ1v) is 5.85. The van der Waals surface area contributed by atoms with Crippen LogP contribution < -0.4 is 0 Å². The Labute approximate surface area is 87.8 Å². The Balaban J connectivity index is 2.47. The summed E-state index contributed by atoms with van der Waals surface area (Å²) in [5, 5.41) is 0.973. The van der Waals surface area contributed by atoms with Gasteiger partial charge in [0.25, 0.3) is 0 Å². The van der Waals surface area contributed by atoms with Gasteiger partial charge in [-0.15, -0.1) is 0 Å². The van der Waals surface area contributed by atoms with Crippen LogP contribution in [0.15, 0.2) is 30.3 Å². The van der Waals surface area contributed by atoms with Crippen LogP contribution in [0.1, 0.15) is 30.4 Å². The van der Waals surface area contributed by atoms with Gasteiger partial charge in [0, 0.05) is 11.2 Å². The normalized spacial score (nSPS) is 19.8. The fraction of sp³-hybridized carbons (Fsp3) is 0.333. The minimum Gasteiger partial charge on any atom is -0.0876 e. The number of benzene rings is 1. The summed E-state index contributed by atoms with van der Waals surface area (Å²) >= 11 is 3.53. The first-order chi connectivity index (χ1) is 6.36. The SMILES string of the molecule is CCC1C=C(CBr)c2ccccc21. The van der Waals surface area contributed by atoms with Crippen molar-refractivity contribution in [2.75, 3.05) is 5.33 Å². The molecule has 13 heavy (non-hydrogen) atoms. The van der Waals surface area contributed by atoms with Crippen LogP contribution in [0.3, 0.4) is 0 Å². The van der Waals surface area contributed by atoms with Crippen LogP contribution in [-0.4, -0.2) is 5.33 Å². The lowest BCUT2D eigenvalue weighted by molar-refractivity contribution is 0.818. The summed E-state index contributed by atoms with van der Waals surface area (Å²) in [4.78, 5) is 0. The minimum atomic E-state index is 0.642. The van der Waals surface area contributed by atoms with Gasteiger partial charge < -0.3 is 0 Å². The maximum absolute atomic E-state index is 3.53. The molecule has 0 aliphatic heterocycles. The number of fused-ring (bicyclic) bond motifs is 1. The lowest BCUT2D eigenvalue weighted by atomic mass is 9.98. The zero-order valence-electron chi connectivity index (χ0n) is 7.76. The van der Waals surface area contributed by atoms with Crippen LogP contribution in [0.2, 0.25) is 0 Å². The second-order valence-electron chi connectivity index (χ2n) is 3.43. The fourth-order valence-electron chi connectivity index (χ4n) is 1.99. The Bertz CT molecular complexity index is 339. The summed E-state index contributed by atoms with van der Waals surface area (Å²) in [7, 11) is 0. The molecule has 1 unspecified atom stereocenters. The molecule has 0 spiro atoms. The number of hydrogen-bond donors (Lipinski definition) is 0. The number of hydrogen-bond acceptors (Lipinski definition) is 0. The van der Waals surface area contributed by atoms with Gasteiger partial charge in [-0.2, -0.15) is 0 Å². The van der Waals surface area contributed by atoms with Gasteiger partial charge in [-0.05, 0) is 23.1 Å². The van der Waals surface area contributed by atoms with Crippen LogP contribution in [0, 0.1) is 0 Å². The molecule has 0 saturated carbocycles. The summed E-state index contributed by atoms with van der Waals surface area (Å²) in [6.07, 6.45) is 3.59. The van der Waals surface area contributed by atoms with Gasteiger partial charge in [0.2, 0.25) is 0 Å². The van der Waals surface area contributed by atoms with E-state index in [9.17, 15) is 0 Å². The number of rotatable bonds is 2. The standard InChI is InChI=1S/C12H13Br/c1-2-9-7-10(8-13)12-6-4-3-5-11(9)12/h3-7,9H,2,8H2,1H3. The topological polar surface area (TPSA) is 0 Å². The van der Waals surface area contributed by atoms with Gasteiger partial charge in [-0.25, -0.2) is 0 Å². The highest BCUT2D eigenvalue weighted by Gasteiger charge is 2.19. The van der Waals surface area contributed by atoms with Crippen LogP contribution in [0.4, 0.5) is 0 Å². The van der Waals surface area contributed by atoms with Crippen molar-refractivity contribution in [1.82, 2.24) is 0 Å². The third-order valence-electron chi connectivity index (χ3n) is 2.69. The van der Waals surface area contributed by atoms with Gasteiger partial charge in [-0.3, -0.25) is 0 Å². The van der Waals surface area contributed by atoms with Crippen molar-refractivity contribution >= 4 is 21.5 Å². The first-order valence-electron chi connectivity index (χ1n) is 4.72. The Morgan fingerprint density at radius 1 is 1.31 bits per heavy atom. The van der Waals surface area contributed by atoms with Gasteiger partial charge in [0.05, 0.1) is 0 Å². The van der Waals surface area contributed by atoms with Gasteiger partial charge in [0.15, 0.2) is 0 Å². The number of alkyl halides is 1. The molecule has 0 bridgehead atoms. The second-order valence-corrected chi connectivity index (χ2v) is 3.99. The molecule has 0 N–H and O–H groups in total. The lowest BCUT2D eigenvalue weighted by Crippen LogP contribution is -1.89. The second kappa shape index (κ2) is 3.67. The Morgan fingerprint density at radius 3 is 2.77 bits per heavy atom. The van der Waals surface area contributed by atoms with E-state index >= 15 is 0 Å². The van der Waals surface area contributed by atoms with Crippen molar-refractivity contribution in [1.29, 1.82) is 0 Å². The van der Waals surface area contributed by atoms with Gasteiger partial charge in [-0.1, -0.05) is 53.2 Å². The summed E-state index contributed by atoms with van der Waals surface area (Å²) < 4.78 is 0. The van der Waals surface area contributed by atoms with Crippen molar-refractivity contribution < 1.29 is 0 Å². The highest BCUT2D eigenvalue weighted by Crippen LogP contribution is 2.37. The molecule has 0 saturated heterocycles. The summed E-state index contributed by atoms with van der Waals surface area (Å²) in [6, 6.07) is 8.72. The van der Waals surface area contributed by atoms with E-state index in [0.29, 0.717) is 5.92 Å². The zero-order valence-corrected chi connectivity index (χ0v) is 9.34. The van der Waals surface area contributed by atoms with Crippen LogP contribution in [0.5, 0.6) is 0 Å². The molecule has 1 aliphatic rings. The van der Waals surface area contributed by atoms with Crippen molar-refractivity contribution in [3.05, 3.63) is 41.5 Å². The molecule has 1 heteroatoms. The average Bonchev–Trinajstić information content (AvgIpc) is 2.56. The van der Waals surface area contributed by atoms with Crippen molar-refractivity contribution in [3.63, 3.8) is 0 Å². The molecule has 68 valence electrons. The maximum Gasteiger partial charge on any atom is 0.0286 e. The van der Waals surface area contributed by atoms with E-state index < -0.39 is 0 Å². The summed E-state index contributed by atoms with van der Waals surface area (Å²) in [5.74, 6) is 0.642. The maximum atomic E-state index is 3.53. The van der Waals surface area contributed by atoms with E-state index in [1.165, 1.54) is 23.1 Å². The molecule has 0 aromatic heterocycles. The summed E-state index contributed by atoms with van der Waals surface area (Å²) in [5.41, 5.74) is 4.38. The Hall–Kier alpha value is -0.560. The largest absolute Gasteiger partial charge is 0.0876 e. The van der Waals surface area contributed by atoms with E-state index in [-0.39, 0.29) is 0 Å². The molecular weight excluding hydrogens is 224 g/mol. The number of halogens is 1. The zero-order chi connectivity index (χ0) is 9.26. The third-order valence-corrected chi connectivity index (χ3v) is 3.30. The van der Waals surface area contributed by atoms with E-state index in [1.54, 1.807) is 0 Å². The first kappa shape index (κ1) is 9.01. The molecule has 0 radical (unpaired) electrons. The van der Waals surface area contributed by atoms with Crippen LogP contribution in [0.25, 0.3) is 5.57 Å². The predicted molar refractivity (Wildman–Crippen MR) is 61.2 cm³/mol. The highest BCUT2D eigenvalue weighted by molar-refractivity contribution is 9.09. The molecule has 0 amide bonds. The molecule has 1 aliphatic carbocycles. The minimum absolute atomic E-state index is 0.642. The van der Waals surface area contributed by atoms with Gasteiger partial charge in [0.1, 0.15) is 0 Å². The van der Waals surface area contributed by atoms with Crippen LogP contribution >= 0.6 is 15.9 Å². The molecular formula is C12H13Br. The fourth-order valence-corrected chi connectivity index (χ4v) is 2.48. The smallest absolute Gasteiger partial charge is 0.0286 e. The third kappa shape index (κ3) is 1.46. The molecule has 0 heterocycles. The van der Waals surface area contributed by atoms with E-state index in [0.717, 1.165) is 5.33 Å². The molecule has 1 aromatic rings. The van der Waals surface area contributed by atoms with Crippen LogP contribution in [-0.2, 0) is 0 Å². The average molecular weight is 237 g/mol. The van der Waals surface area contributed by atoms with E-state index in [2.05, 4.69) is 53.2 Å². The molecule has 0 nitrogen and oxygen atoms in total. The Kier molecular flexibility index (Phi) is 2.54. The highest BCUT2D eigenvalue weighted by atomic mass is 79.9. The molecule has 1 aromatic carbocycles. The van der Waals surface area contributed by atoms with E-state index in [1.807, 2.05) is 0 Å². The quantitative estimate of drug-likeness (QED) is 0.682. The predicted octanol–water partition coefficient (Wildman–Crippen LogP) is 3.97. The van der Waals surface area contributed by atoms with Gasteiger partial charge >= 0.3 is 0 Å². The lowest BCUT2D eigenvalue weighted by Gasteiger charge is -2.06. The molecule has 1 atom stereocenters. The molecule has 2 rings (SSSR count). The van der Waals surface area contributed by atoms with Crippen molar-refractivity contribution in [2.24, 2.45) is 0 Å². The monoisotopic (exact) mass is 236 g/mol. The van der Waals surface area contributed by atoms with Crippen molar-refractivity contribution in [2.45, 2.75) is 19.3 Å².